The van der Waals surface area contributed by atoms with Crippen molar-refractivity contribution in [3.05, 3.63) is 34.4 Å². The Kier molecular flexibility index (Phi) is 2.38. The van der Waals surface area contributed by atoms with Crippen LogP contribution in [0.25, 0.3) is 0 Å². The predicted molar refractivity (Wildman–Crippen MR) is 62.0 cm³/mol. The van der Waals surface area contributed by atoms with Crippen LogP contribution >= 0.6 is 0 Å². The van der Waals surface area contributed by atoms with Crippen LogP contribution < -0.4 is 0 Å². The molecule has 1 aromatic carbocycles. The molecule has 1 saturated carbocycles. The first kappa shape index (κ1) is 9.76. The van der Waals surface area contributed by atoms with Gasteiger partial charge in [-0.3, -0.25) is 0 Å². The van der Waals surface area contributed by atoms with Crippen molar-refractivity contribution in [2.24, 2.45) is 0 Å². The Morgan fingerprint density at radius 1 is 1.07 bits per heavy atom. The van der Waals surface area contributed by atoms with E-state index in [2.05, 4.69) is 39.8 Å². The Balaban J connectivity index is 2.44. The van der Waals surface area contributed by atoms with Gasteiger partial charge in [0.15, 0.2) is 0 Å². The van der Waals surface area contributed by atoms with Gasteiger partial charge in [0, 0.05) is 0 Å². The van der Waals surface area contributed by atoms with Gasteiger partial charge in [-0.2, -0.15) is 0 Å². The highest BCUT2D eigenvalue weighted by molar-refractivity contribution is 5.42. The van der Waals surface area contributed by atoms with Crippen LogP contribution in [-0.4, -0.2) is 0 Å². The zero-order valence-electron chi connectivity index (χ0n) is 9.72. The lowest BCUT2D eigenvalue weighted by molar-refractivity contribution is 0.858. The summed E-state index contributed by atoms with van der Waals surface area (Å²) in [5, 5.41) is 0. The van der Waals surface area contributed by atoms with E-state index in [9.17, 15) is 0 Å². The van der Waals surface area contributed by atoms with Crippen molar-refractivity contribution in [3.8, 4) is 0 Å². The molecule has 0 nitrogen and oxygen atoms in total. The van der Waals surface area contributed by atoms with E-state index >= 15 is 0 Å². The Labute approximate surface area is 87.3 Å². The Hall–Kier alpha value is -0.780. The molecule has 0 heterocycles. The molecule has 1 aromatic rings. The monoisotopic (exact) mass is 188 g/mol. The van der Waals surface area contributed by atoms with Gasteiger partial charge in [-0.1, -0.05) is 26.0 Å². The second-order valence-corrected chi connectivity index (χ2v) is 5.00. The number of rotatable bonds is 2. The van der Waals surface area contributed by atoms with Crippen LogP contribution in [0.2, 0.25) is 0 Å². The molecule has 2 rings (SSSR count). The lowest BCUT2D eigenvalue weighted by Crippen LogP contribution is -1.96. The minimum atomic E-state index is 0.653. The quantitative estimate of drug-likeness (QED) is 0.649. The zero-order valence-corrected chi connectivity index (χ0v) is 9.72. The minimum absolute atomic E-state index is 0.653. The topological polar surface area (TPSA) is 0 Å². The highest BCUT2D eigenvalue weighted by atomic mass is 14.3. The lowest BCUT2D eigenvalue weighted by Gasteiger charge is -2.14. The molecule has 0 amide bonds. The standard InChI is InChI=1S/C14H20/c1-9(2)13-7-10(3)14(11(4)8-13)12-5-6-12/h7-9,12H,5-6H2,1-4H3. The summed E-state index contributed by atoms with van der Waals surface area (Å²) in [4.78, 5) is 0. The average Bonchev–Trinajstić information content (AvgIpc) is 2.86. The maximum absolute atomic E-state index is 2.38. The molecule has 0 spiro atoms. The van der Waals surface area contributed by atoms with Gasteiger partial charge in [-0.25, -0.2) is 0 Å². The van der Waals surface area contributed by atoms with Crippen molar-refractivity contribution in [2.45, 2.75) is 52.4 Å². The largest absolute Gasteiger partial charge is 0.0587 e. The predicted octanol–water partition coefficient (Wildman–Crippen LogP) is 4.30. The van der Waals surface area contributed by atoms with Gasteiger partial charge in [-0.15, -0.1) is 0 Å². The molecule has 0 heteroatoms. The molecule has 0 radical (unpaired) electrons. The van der Waals surface area contributed by atoms with Crippen molar-refractivity contribution in [1.29, 1.82) is 0 Å². The molecule has 1 aliphatic carbocycles. The molecule has 0 aliphatic heterocycles. The summed E-state index contributed by atoms with van der Waals surface area (Å²) in [5.74, 6) is 1.54. The maximum Gasteiger partial charge on any atom is -0.0156 e. The minimum Gasteiger partial charge on any atom is -0.0587 e. The molecule has 0 atom stereocenters. The molecule has 14 heavy (non-hydrogen) atoms. The third-order valence-electron chi connectivity index (χ3n) is 3.27. The van der Waals surface area contributed by atoms with E-state index in [4.69, 9.17) is 0 Å². The van der Waals surface area contributed by atoms with Crippen LogP contribution in [0.15, 0.2) is 12.1 Å². The second-order valence-electron chi connectivity index (χ2n) is 5.00. The molecule has 0 N–H and O–H groups in total. The zero-order chi connectivity index (χ0) is 10.3. The van der Waals surface area contributed by atoms with Crippen LogP contribution in [-0.2, 0) is 0 Å². The summed E-state index contributed by atoms with van der Waals surface area (Å²) in [5.41, 5.74) is 6.14. The van der Waals surface area contributed by atoms with Crippen LogP contribution in [0.4, 0.5) is 0 Å². The summed E-state index contributed by atoms with van der Waals surface area (Å²) in [7, 11) is 0. The molecule has 0 saturated heterocycles. The van der Waals surface area contributed by atoms with Gasteiger partial charge in [0.1, 0.15) is 0 Å². The Bertz CT molecular complexity index is 320. The van der Waals surface area contributed by atoms with E-state index in [1.54, 1.807) is 5.56 Å². The van der Waals surface area contributed by atoms with E-state index in [1.165, 1.54) is 29.5 Å². The van der Waals surface area contributed by atoms with E-state index in [1.807, 2.05) is 0 Å². The third kappa shape index (κ3) is 1.70. The van der Waals surface area contributed by atoms with Crippen molar-refractivity contribution in [1.82, 2.24) is 0 Å². The summed E-state index contributed by atoms with van der Waals surface area (Å²) >= 11 is 0. The highest BCUT2D eigenvalue weighted by Crippen LogP contribution is 2.43. The summed E-state index contributed by atoms with van der Waals surface area (Å²) in [6.07, 6.45) is 2.81. The number of hydrogen-bond donors (Lipinski definition) is 0. The molecule has 0 bridgehead atoms. The Morgan fingerprint density at radius 2 is 1.57 bits per heavy atom. The first-order valence-corrected chi connectivity index (χ1v) is 5.70. The van der Waals surface area contributed by atoms with Gasteiger partial charge >= 0.3 is 0 Å². The van der Waals surface area contributed by atoms with E-state index in [0.717, 1.165) is 5.92 Å². The fraction of sp³-hybridized carbons (Fsp3) is 0.571. The van der Waals surface area contributed by atoms with Crippen molar-refractivity contribution < 1.29 is 0 Å². The maximum atomic E-state index is 2.38. The van der Waals surface area contributed by atoms with Gasteiger partial charge < -0.3 is 0 Å². The fourth-order valence-electron chi connectivity index (χ4n) is 2.36. The SMILES string of the molecule is Cc1cc(C(C)C)cc(C)c1C1CC1. The van der Waals surface area contributed by atoms with Crippen LogP contribution in [0.3, 0.4) is 0 Å². The van der Waals surface area contributed by atoms with Gasteiger partial charge in [0.2, 0.25) is 0 Å². The second kappa shape index (κ2) is 3.42. The van der Waals surface area contributed by atoms with Crippen LogP contribution in [0, 0.1) is 13.8 Å². The van der Waals surface area contributed by atoms with E-state index in [-0.39, 0.29) is 0 Å². The third-order valence-corrected chi connectivity index (χ3v) is 3.27. The fourth-order valence-corrected chi connectivity index (χ4v) is 2.36. The normalized spacial score (nSPS) is 16.4. The summed E-state index contributed by atoms with van der Waals surface area (Å²) < 4.78 is 0. The number of hydrogen-bond acceptors (Lipinski definition) is 0. The molecule has 0 aromatic heterocycles. The molecule has 1 aliphatic rings. The van der Waals surface area contributed by atoms with E-state index in [0.29, 0.717) is 5.92 Å². The molecule has 76 valence electrons. The lowest BCUT2D eigenvalue weighted by atomic mass is 9.92. The smallest absolute Gasteiger partial charge is 0.0156 e. The first-order valence-electron chi connectivity index (χ1n) is 5.70. The van der Waals surface area contributed by atoms with Gasteiger partial charge in [0.05, 0.1) is 0 Å². The van der Waals surface area contributed by atoms with E-state index < -0.39 is 0 Å². The molecule has 1 fully saturated rings. The van der Waals surface area contributed by atoms with Gasteiger partial charge in [-0.05, 0) is 60.8 Å². The Morgan fingerprint density at radius 3 is 1.93 bits per heavy atom. The van der Waals surface area contributed by atoms with Gasteiger partial charge in [0.25, 0.3) is 0 Å². The van der Waals surface area contributed by atoms with Crippen LogP contribution in [0.5, 0.6) is 0 Å². The van der Waals surface area contributed by atoms with Crippen molar-refractivity contribution >= 4 is 0 Å². The van der Waals surface area contributed by atoms with Crippen molar-refractivity contribution in [3.63, 3.8) is 0 Å². The summed E-state index contributed by atoms with van der Waals surface area (Å²) in [6, 6.07) is 4.76. The highest BCUT2D eigenvalue weighted by Gasteiger charge is 2.26. The molecule has 0 unspecified atom stereocenters. The first-order chi connectivity index (χ1) is 6.59. The van der Waals surface area contributed by atoms with Crippen LogP contribution in [0.1, 0.15) is 60.8 Å². The molecular weight excluding hydrogens is 168 g/mol. The summed E-state index contributed by atoms with van der Waals surface area (Å²) in [6.45, 7) is 9.08. The molecular formula is C14H20. The number of benzene rings is 1. The average molecular weight is 188 g/mol. The number of aryl methyl sites for hydroxylation is 2. The van der Waals surface area contributed by atoms with Crippen molar-refractivity contribution in [2.75, 3.05) is 0 Å².